The summed E-state index contributed by atoms with van der Waals surface area (Å²) in [6, 6.07) is 4.84. The van der Waals surface area contributed by atoms with E-state index in [0.717, 1.165) is 0 Å². The Balaban J connectivity index is 1.68. The summed E-state index contributed by atoms with van der Waals surface area (Å²) in [6.07, 6.45) is 2.07. The Kier molecular flexibility index (Phi) is 4.52. The SMILES string of the molecule is Cc1nc(NC2CCS(=O)(=O)C2)cc(C(=O)NCc2ccco2)n1. The first kappa shape index (κ1) is 16.4. The molecular formula is C15H18N4O4S. The number of nitrogens with one attached hydrogen (secondary N) is 2. The van der Waals surface area contributed by atoms with Crippen molar-refractivity contribution in [1.82, 2.24) is 15.3 Å². The van der Waals surface area contributed by atoms with Crippen LogP contribution in [0.5, 0.6) is 0 Å². The van der Waals surface area contributed by atoms with Crippen LogP contribution in [0.3, 0.4) is 0 Å². The molecule has 0 saturated carbocycles. The molecule has 1 unspecified atom stereocenters. The zero-order chi connectivity index (χ0) is 17.2. The first-order valence-corrected chi connectivity index (χ1v) is 9.37. The van der Waals surface area contributed by atoms with Gasteiger partial charge in [-0.2, -0.15) is 0 Å². The molecule has 0 spiro atoms. The van der Waals surface area contributed by atoms with Gasteiger partial charge in [-0.25, -0.2) is 18.4 Å². The molecule has 8 nitrogen and oxygen atoms in total. The van der Waals surface area contributed by atoms with Crippen molar-refractivity contribution >= 4 is 21.6 Å². The first-order valence-electron chi connectivity index (χ1n) is 7.54. The van der Waals surface area contributed by atoms with Gasteiger partial charge in [0.05, 0.1) is 24.3 Å². The second-order valence-corrected chi connectivity index (χ2v) is 7.92. The lowest BCUT2D eigenvalue weighted by molar-refractivity contribution is 0.0942. The highest BCUT2D eigenvalue weighted by Crippen LogP contribution is 2.17. The summed E-state index contributed by atoms with van der Waals surface area (Å²) in [7, 11) is -2.98. The van der Waals surface area contributed by atoms with Gasteiger partial charge >= 0.3 is 0 Å². The number of amides is 1. The molecule has 2 N–H and O–H groups in total. The van der Waals surface area contributed by atoms with Gasteiger partial charge < -0.3 is 15.1 Å². The molecule has 1 saturated heterocycles. The van der Waals surface area contributed by atoms with E-state index in [1.54, 1.807) is 19.1 Å². The molecule has 0 radical (unpaired) electrons. The number of aryl methyl sites for hydroxylation is 1. The first-order chi connectivity index (χ1) is 11.4. The van der Waals surface area contributed by atoms with Crippen molar-refractivity contribution in [2.24, 2.45) is 0 Å². The van der Waals surface area contributed by atoms with Gasteiger partial charge in [-0.3, -0.25) is 4.79 Å². The molecule has 0 aliphatic carbocycles. The van der Waals surface area contributed by atoms with E-state index in [9.17, 15) is 13.2 Å². The van der Waals surface area contributed by atoms with Crippen LogP contribution in [0.25, 0.3) is 0 Å². The van der Waals surface area contributed by atoms with Crippen LogP contribution < -0.4 is 10.6 Å². The van der Waals surface area contributed by atoms with Crippen LogP contribution >= 0.6 is 0 Å². The monoisotopic (exact) mass is 350 g/mol. The lowest BCUT2D eigenvalue weighted by Gasteiger charge is -2.13. The van der Waals surface area contributed by atoms with Crippen LogP contribution in [0.4, 0.5) is 5.82 Å². The second kappa shape index (κ2) is 6.60. The van der Waals surface area contributed by atoms with Crippen molar-refractivity contribution < 1.29 is 17.6 Å². The molecule has 1 aliphatic heterocycles. The highest BCUT2D eigenvalue weighted by molar-refractivity contribution is 7.91. The third-order valence-electron chi connectivity index (χ3n) is 3.66. The Hall–Kier alpha value is -2.42. The summed E-state index contributed by atoms with van der Waals surface area (Å²) < 4.78 is 28.2. The third kappa shape index (κ3) is 4.10. The lowest BCUT2D eigenvalue weighted by atomic mass is 10.2. The number of sulfone groups is 1. The Morgan fingerprint density at radius 1 is 1.42 bits per heavy atom. The van der Waals surface area contributed by atoms with Gasteiger partial charge in [-0.05, 0) is 25.5 Å². The smallest absolute Gasteiger partial charge is 0.270 e. The van der Waals surface area contributed by atoms with Crippen molar-refractivity contribution in [2.45, 2.75) is 25.9 Å². The number of rotatable bonds is 5. The summed E-state index contributed by atoms with van der Waals surface area (Å²) in [5, 5.41) is 5.79. The number of hydrogen-bond donors (Lipinski definition) is 2. The van der Waals surface area contributed by atoms with E-state index < -0.39 is 9.84 Å². The van der Waals surface area contributed by atoms with Crippen molar-refractivity contribution in [2.75, 3.05) is 16.8 Å². The van der Waals surface area contributed by atoms with Gasteiger partial charge in [-0.1, -0.05) is 0 Å². The number of anilines is 1. The summed E-state index contributed by atoms with van der Waals surface area (Å²) in [6.45, 7) is 1.94. The van der Waals surface area contributed by atoms with Crippen molar-refractivity contribution in [3.63, 3.8) is 0 Å². The molecule has 3 rings (SSSR count). The largest absolute Gasteiger partial charge is 0.467 e. The molecule has 2 aromatic rings. The predicted molar refractivity (Wildman–Crippen MR) is 87.3 cm³/mol. The molecule has 2 aromatic heterocycles. The highest BCUT2D eigenvalue weighted by Gasteiger charge is 2.28. The van der Waals surface area contributed by atoms with E-state index in [0.29, 0.717) is 23.8 Å². The number of carbonyl (C=O) groups is 1. The number of nitrogens with zero attached hydrogens (tertiary/aromatic N) is 2. The van der Waals surface area contributed by atoms with Gasteiger partial charge in [-0.15, -0.1) is 0 Å². The lowest BCUT2D eigenvalue weighted by Crippen LogP contribution is -2.25. The van der Waals surface area contributed by atoms with Gasteiger partial charge in [0.15, 0.2) is 9.84 Å². The maximum absolute atomic E-state index is 12.2. The maximum atomic E-state index is 12.2. The molecule has 9 heteroatoms. The molecule has 128 valence electrons. The van der Waals surface area contributed by atoms with Crippen LogP contribution in [-0.4, -0.2) is 41.8 Å². The van der Waals surface area contributed by atoms with Crippen LogP contribution in [0.1, 0.15) is 28.5 Å². The number of furan rings is 1. The molecule has 1 fully saturated rings. The molecule has 1 amide bonds. The minimum atomic E-state index is -2.98. The van der Waals surface area contributed by atoms with Crippen molar-refractivity contribution in [1.29, 1.82) is 0 Å². The number of carbonyl (C=O) groups excluding carboxylic acids is 1. The van der Waals surface area contributed by atoms with E-state index in [1.165, 1.54) is 12.3 Å². The fourth-order valence-electron chi connectivity index (χ4n) is 2.55. The van der Waals surface area contributed by atoms with E-state index in [1.807, 2.05) is 0 Å². The quantitative estimate of drug-likeness (QED) is 0.823. The molecular weight excluding hydrogens is 332 g/mol. The average molecular weight is 350 g/mol. The Morgan fingerprint density at radius 3 is 2.92 bits per heavy atom. The summed E-state index contributed by atoms with van der Waals surface area (Å²) in [4.78, 5) is 20.6. The van der Waals surface area contributed by atoms with E-state index in [4.69, 9.17) is 4.42 Å². The summed E-state index contributed by atoms with van der Waals surface area (Å²) in [5.74, 6) is 1.43. The fourth-order valence-corrected chi connectivity index (χ4v) is 4.22. The molecule has 0 bridgehead atoms. The molecule has 3 heterocycles. The molecule has 1 atom stereocenters. The number of aromatic nitrogens is 2. The van der Waals surface area contributed by atoms with Crippen molar-refractivity contribution in [3.8, 4) is 0 Å². The summed E-state index contributed by atoms with van der Waals surface area (Å²) >= 11 is 0. The minimum Gasteiger partial charge on any atom is -0.467 e. The minimum absolute atomic E-state index is 0.0794. The fraction of sp³-hybridized carbons (Fsp3) is 0.400. The zero-order valence-corrected chi connectivity index (χ0v) is 14.0. The van der Waals surface area contributed by atoms with Gasteiger partial charge in [0.25, 0.3) is 5.91 Å². The van der Waals surface area contributed by atoms with Gasteiger partial charge in [0.2, 0.25) is 0 Å². The van der Waals surface area contributed by atoms with Gasteiger partial charge in [0.1, 0.15) is 23.1 Å². The topological polar surface area (TPSA) is 114 Å². The molecule has 24 heavy (non-hydrogen) atoms. The normalized spacial score (nSPS) is 19.1. The third-order valence-corrected chi connectivity index (χ3v) is 5.43. The van der Waals surface area contributed by atoms with Gasteiger partial charge in [0, 0.05) is 12.1 Å². The predicted octanol–water partition coefficient (Wildman–Crippen LogP) is 0.907. The number of hydrogen-bond acceptors (Lipinski definition) is 7. The second-order valence-electron chi connectivity index (χ2n) is 5.69. The Bertz CT molecular complexity index is 833. The highest BCUT2D eigenvalue weighted by atomic mass is 32.2. The Morgan fingerprint density at radius 2 is 2.25 bits per heavy atom. The van der Waals surface area contributed by atoms with Crippen LogP contribution in [0.15, 0.2) is 28.9 Å². The van der Waals surface area contributed by atoms with Crippen LogP contribution in [-0.2, 0) is 16.4 Å². The Labute approximate surface area is 139 Å². The van der Waals surface area contributed by atoms with E-state index >= 15 is 0 Å². The van der Waals surface area contributed by atoms with E-state index in [-0.39, 0.29) is 35.7 Å². The standard InChI is InChI=1S/C15H18N4O4S/c1-10-17-13(15(20)16-8-12-3-2-5-23-12)7-14(18-10)19-11-4-6-24(21,22)9-11/h2-3,5,7,11H,4,6,8-9H2,1H3,(H,16,20)(H,17,18,19). The van der Waals surface area contributed by atoms with Crippen LogP contribution in [0, 0.1) is 6.92 Å². The maximum Gasteiger partial charge on any atom is 0.270 e. The summed E-state index contributed by atoms with van der Waals surface area (Å²) in [5.41, 5.74) is 0.220. The molecule has 1 aliphatic rings. The van der Waals surface area contributed by atoms with Crippen LogP contribution in [0.2, 0.25) is 0 Å². The van der Waals surface area contributed by atoms with Crippen molar-refractivity contribution in [3.05, 3.63) is 41.7 Å². The average Bonchev–Trinajstić information content (AvgIpc) is 3.13. The van der Waals surface area contributed by atoms with E-state index in [2.05, 4.69) is 20.6 Å². The molecule has 0 aromatic carbocycles. The zero-order valence-electron chi connectivity index (χ0n) is 13.2.